The number of H-pyrrole nitrogens is 1. The molecular formula is C18H18N4O2S. The zero-order valence-electron chi connectivity index (χ0n) is 13.9. The molecule has 0 bridgehead atoms. The van der Waals surface area contributed by atoms with Crippen molar-refractivity contribution in [2.45, 2.75) is 13.8 Å². The van der Waals surface area contributed by atoms with E-state index in [4.69, 9.17) is 4.74 Å². The van der Waals surface area contributed by atoms with Crippen molar-refractivity contribution in [2.24, 2.45) is 5.10 Å². The van der Waals surface area contributed by atoms with E-state index in [2.05, 4.69) is 20.7 Å². The number of amides is 1. The van der Waals surface area contributed by atoms with Crippen LogP contribution in [0, 0.1) is 6.92 Å². The highest BCUT2D eigenvalue weighted by molar-refractivity contribution is 7.15. The van der Waals surface area contributed by atoms with Gasteiger partial charge in [-0.15, -0.1) is 11.3 Å². The summed E-state index contributed by atoms with van der Waals surface area (Å²) in [6.45, 7) is 4.60. The first-order valence-corrected chi connectivity index (χ1v) is 8.66. The van der Waals surface area contributed by atoms with E-state index in [1.807, 2.05) is 50.2 Å². The topological polar surface area (TPSA) is 79.4 Å². The van der Waals surface area contributed by atoms with E-state index < -0.39 is 0 Å². The van der Waals surface area contributed by atoms with Crippen LogP contribution >= 0.6 is 11.3 Å². The first-order chi connectivity index (χ1) is 12.2. The summed E-state index contributed by atoms with van der Waals surface area (Å²) in [4.78, 5) is 14.3. The molecule has 0 aliphatic heterocycles. The van der Waals surface area contributed by atoms with E-state index >= 15 is 0 Å². The quantitative estimate of drug-likeness (QED) is 0.524. The molecule has 0 radical (unpaired) electrons. The van der Waals surface area contributed by atoms with Gasteiger partial charge in [-0.3, -0.25) is 9.89 Å². The largest absolute Gasteiger partial charge is 0.494 e. The van der Waals surface area contributed by atoms with Crippen LogP contribution in [0.25, 0.3) is 10.6 Å². The van der Waals surface area contributed by atoms with E-state index in [9.17, 15) is 4.79 Å². The van der Waals surface area contributed by atoms with Gasteiger partial charge in [0.25, 0.3) is 5.91 Å². The fourth-order valence-electron chi connectivity index (χ4n) is 2.18. The van der Waals surface area contributed by atoms with Crippen molar-refractivity contribution in [1.29, 1.82) is 0 Å². The van der Waals surface area contributed by atoms with E-state index in [0.717, 1.165) is 21.9 Å². The SMILES string of the molecule is CCOc1ccc(/C=N/NC(=O)c2cc(-c3ccc(C)s3)[nH]n2)cc1. The number of nitrogens with one attached hydrogen (secondary N) is 2. The Morgan fingerprint density at radius 2 is 2.12 bits per heavy atom. The Labute approximate surface area is 149 Å². The Kier molecular flexibility index (Phi) is 5.25. The van der Waals surface area contributed by atoms with Gasteiger partial charge in [0.15, 0.2) is 5.69 Å². The Bertz CT molecular complexity index is 881. The molecule has 7 heteroatoms. The highest BCUT2D eigenvalue weighted by Crippen LogP contribution is 2.26. The minimum atomic E-state index is -0.363. The van der Waals surface area contributed by atoms with Gasteiger partial charge in [0.2, 0.25) is 0 Å². The van der Waals surface area contributed by atoms with Gasteiger partial charge in [-0.1, -0.05) is 0 Å². The molecule has 0 atom stereocenters. The molecule has 0 fully saturated rings. The maximum absolute atomic E-state index is 12.1. The van der Waals surface area contributed by atoms with Crippen LogP contribution in [0.15, 0.2) is 47.6 Å². The molecule has 0 unspecified atom stereocenters. The molecule has 0 saturated carbocycles. The summed E-state index contributed by atoms with van der Waals surface area (Å²) in [7, 11) is 0. The van der Waals surface area contributed by atoms with Gasteiger partial charge in [-0.05, 0) is 61.9 Å². The first kappa shape index (κ1) is 16.9. The predicted molar refractivity (Wildman–Crippen MR) is 99.3 cm³/mol. The van der Waals surface area contributed by atoms with Crippen LogP contribution in [-0.2, 0) is 0 Å². The van der Waals surface area contributed by atoms with Crippen LogP contribution in [0.5, 0.6) is 5.75 Å². The van der Waals surface area contributed by atoms with Crippen molar-refractivity contribution >= 4 is 23.5 Å². The number of carbonyl (C=O) groups is 1. The monoisotopic (exact) mass is 354 g/mol. The van der Waals surface area contributed by atoms with Gasteiger partial charge < -0.3 is 4.74 Å². The number of aromatic amines is 1. The van der Waals surface area contributed by atoms with Crippen molar-refractivity contribution in [1.82, 2.24) is 15.6 Å². The fourth-order valence-corrected chi connectivity index (χ4v) is 3.02. The van der Waals surface area contributed by atoms with Gasteiger partial charge in [-0.2, -0.15) is 10.2 Å². The van der Waals surface area contributed by atoms with Crippen molar-refractivity contribution in [2.75, 3.05) is 6.61 Å². The molecule has 0 spiro atoms. The number of rotatable bonds is 6. The molecule has 2 N–H and O–H groups in total. The summed E-state index contributed by atoms with van der Waals surface area (Å²) in [5.41, 5.74) is 4.45. The number of aromatic nitrogens is 2. The predicted octanol–water partition coefficient (Wildman–Crippen LogP) is 3.61. The Morgan fingerprint density at radius 3 is 2.80 bits per heavy atom. The molecule has 0 aliphatic carbocycles. The van der Waals surface area contributed by atoms with Gasteiger partial charge >= 0.3 is 0 Å². The highest BCUT2D eigenvalue weighted by Gasteiger charge is 2.11. The van der Waals surface area contributed by atoms with Crippen LogP contribution < -0.4 is 10.2 Å². The summed E-state index contributed by atoms with van der Waals surface area (Å²) in [5, 5.41) is 10.9. The van der Waals surface area contributed by atoms with E-state index in [1.165, 1.54) is 4.88 Å². The third-order valence-electron chi connectivity index (χ3n) is 3.39. The van der Waals surface area contributed by atoms with Crippen LogP contribution in [-0.4, -0.2) is 28.9 Å². The van der Waals surface area contributed by atoms with Crippen molar-refractivity contribution < 1.29 is 9.53 Å². The minimum absolute atomic E-state index is 0.296. The molecule has 2 heterocycles. The molecule has 0 saturated heterocycles. The molecule has 1 amide bonds. The molecule has 25 heavy (non-hydrogen) atoms. The number of hydrogen-bond donors (Lipinski definition) is 2. The second-order valence-electron chi connectivity index (χ2n) is 5.28. The number of ether oxygens (including phenoxy) is 1. The zero-order valence-corrected chi connectivity index (χ0v) is 14.8. The molecule has 3 aromatic rings. The summed E-state index contributed by atoms with van der Waals surface area (Å²) in [6, 6.07) is 13.2. The third-order valence-corrected chi connectivity index (χ3v) is 4.42. The van der Waals surface area contributed by atoms with E-state index in [0.29, 0.717) is 12.3 Å². The van der Waals surface area contributed by atoms with Crippen molar-refractivity contribution in [3.8, 4) is 16.3 Å². The lowest BCUT2D eigenvalue weighted by atomic mass is 10.2. The Morgan fingerprint density at radius 1 is 1.32 bits per heavy atom. The van der Waals surface area contributed by atoms with Gasteiger partial charge in [0, 0.05) is 4.88 Å². The molecule has 0 aliphatic rings. The average Bonchev–Trinajstić information content (AvgIpc) is 3.25. The van der Waals surface area contributed by atoms with Crippen LogP contribution in [0.4, 0.5) is 0 Å². The summed E-state index contributed by atoms with van der Waals surface area (Å²) in [6.07, 6.45) is 1.57. The van der Waals surface area contributed by atoms with Crippen LogP contribution in [0.2, 0.25) is 0 Å². The molecule has 1 aromatic carbocycles. The fraction of sp³-hybridized carbons (Fsp3) is 0.167. The van der Waals surface area contributed by atoms with Gasteiger partial charge in [0.05, 0.1) is 23.4 Å². The smallest absolute Gasteiger partial charge is 0.291 e. The number of aryl methyl sites for hydroxylation is 1. The molecule has 128 valence electrons. The molecular weight excluding hydrogens is 336 g/mol. The summed E-state index contributed by atoms with van der Waals surface area (Å²) in [5.74, 6) is 0.439. The Hall–Kier alpha value is -2.93. The Balaban J connectivity index is 1.59. The minimum Gasteiger partial charge on any atom is -0.494 e. The molecule has 2 aromatic heterocycles. The number of benzene rings is 1. The van der Waals surface area contributed by atoms with Gasteiger partial charge in [0.1, 0.15) is 5.75 Å². The number of hydrazone groups is 1. The van der Waals surface area contributed by atoms with Crippen LogP contribution in [0.3, 0.4) is 0 Å². The normalized spacial score (nSPS) is 11.0. The third kappa shape index (κ3) is 4.33. The lowest BCUT2D eigenvalue weighted by Gasteiger charge is -2.02. The number of nitrogens with zero attached hydrogens (tertiary/aromatic N) is 2. The summed E-state index contributed by atoms with van der Waals surface area (Å²) >= 11 is 1.64. The maximum Gasteiger partial charge on any atom is 0.291 e. The second kappa shape index (κ2) is 7.76. The highest BCUT2D eigenvalue weighted by atomic mass is 32.1. The lowest BCUT2D eigenvalue weighted by molar-refractivity contribution is 0.0950. The molecule has 3 rings (SSSR count). The van der Waals surface area contributed by atoms with Crippen LogP contribution in [0.1, 0.15) is 27.9 Å². The molecule has 6 nitrogen and oxygen atoms in total. The van der Waals surface area contributed by atoms with E-state index in [-0.39, 0.29) is 5.91 Å². The summed E-state index contributed by atoms with van der Waals surface area (Å²) < 4.78 is 5.38. The second-order valence-corrected chi connectivity index (χ2v) is 6.57. The zero-order chi connectivity index (χ0) is 17.6. The van der Waals surface area contributed by atoms with Crippen molar-refractivity contribution in [3.63, 3.8) is 0 Å². The number of thiophene rings is 1. The number of hydrogen-bond acceptors (Lipinski definition) is 5. The number of carbonyl (C=O) groups excluding carboxylic acids is 1. The lowest BCUT2D eigenvalue weighted by Crippen LogP contribution is -2.17. The standard InChI is InChI=1S/C18H18N4O2S/c1-3-24-14-7-5-13(6-8-14)11-19-22-18(23)16-10-15(20-21-16)17-9-4-12(2)25-17/h4-11H,3H2,1-2H3,(H,20,21)(H,22,23)/b19-11+. The van der Waals surface area contributed by atoms with Gasteiger partial charge in [-0.25, -0.2) is 5.43 Å². The maximum atomic E-state index is 12.1. The van der Waals surface area contributed by atoms with Crippen molar-refractivity contribution in [3.05, 3.63) is 58.6 Å². The average molecular weight is 354 g/mol. The first-order valence-electron chi connectivity index (χ1n) is 7.84. The van der Waals surface area contributed by atoms with E-state index in [1.54, 1.807) is 23.6 Å².